The Balaban J connectivity index is 2.00. The second kappa shape index (κ2) is 7.74. The van der Waals surface area contributed by atoms with Gasteiger partial charge in [0, 0.05) is 11.3 Å². The zero-order valence-corrected chi connectivity index (χ0v) is 16.8. The van der Waals surface area contributed by atoms with Crippen LogP contribution >= 0.6 is 34.8 Å². The van der Waals surface area contributed by atoms with Crippen LogP contribution in [0.2, 0.25) is 10.0 Å². The molecule has 0 unspecified atom stereocenters. The van der Waals surface area contributed by atoms with E-state index < -0.39 is 5.24 Å². The first-order valence-electron chi connectivity index (χ1n) is 8.04. The van der Waals surface area contributed by atoms with Crippen LogP contribution in [0.25, 0.3) is 11.1 Å². The maximum Gasteiger partial charge on any atom is 0.253 e. The summed E-state index contributed by atoms with van der Waals surface area (Å²) in [6, 6.07) is 12.5. The van der Waals surface area contributed by atoms with Gasteiger partial charge in [-0.25, -0.2) is 0 Å². The number of benzene rings is 2. The second-order valence-corrected chi connectivity index (χ2v) is 7.26. The van der Waals surface area contributed by atoms with Crippen LogP contribution in [0.15, 0.2) is 36.4 Å². The molecular weight excluding hydrogens is 405 g/mol. The minimum atomic E-state index is -0.594. The molecule has 1 aromatic heterocycles. The van der Waals surface area contributed by atoms with E-state index >= 15 is 0 Å². The number of aryl methyl sites for hydroxylation is 1. The van der Waals surface area contributed by atoms with Crippen LogP contribution in [0, 0.1) is 25.2 Å². The summed E-state index contributed by atoms with van der Waals surface area (Å²) in [6.07, 6.45) is 0. The number of carbonyl (C=O) groups is 1. The van der Waals surface area contributed by atoms with Crippen molar-refractivity contribution in [2.24, 2.45) is 0 Å². The Morgan fingerprint density at radius 3 is 2.52 bits per heavy atom. The topological polar surface area (TPSA) is 58.7 Å². The fourth-order valence-corrected chi connectivity index (χ4v) is 3.66. The highest BCUT2D eigenvalue weighted by molar-refractivity contribution is 6.68. The third-order valence-corrected chi connectivity index (χ3v) is 5.18. The van der Waals surface area contributed by atoms with Crippen molar-refractivity contribution < 1.29 is 4.79 Å². The van der Waals surface area contributed by atoms with Gasteiger partial charge in [0.05, 0.1) is 33.4 Å². The number of aromatic nitrogens is 2. The van der Waals surface area contributed by atoms with Crippen molar-refractivity contribution in [2.45, 2.75) is 20.4 Å². The molecule has 7 heteroatoms. The van der Waals surface area contributed by atoms with Crippen molar-refractivity contribution in [2.75, 3.05) is 0 Å². The van der Waals surface area contributed by atoms with E-state index in [2.05, 4.69) is 11.2 Å². The molecule has 0 radical (unpaired) electrons. The summed E-state index contributed by atoms with van der Waals surface area (Å²) in [6.45, 7) is 4.34. The average molecular weight is 419 g/mol. The molecule has 4 nitrogen and oxygen atoms in total. The van der Waals surface area contributed by atoms with E-state index in [1.165, 1.54) is 0 Å². The minimum absolute atomic E-state index is 0.275. The molecule has 0 aliphatic rings. The van der Waals surface area contributed by atoms with Crippen molar-refractivity contribution in [1.29, 1.82) is 5.26 Å². The van der Waals surface area contributed by atoms with Gasteiger partial charge in [0.25, 0.3) is 5.24 Å². The van der Waals surface area contributed by atoms with E-state index in [-0.39, 0.29) is 5.56 Å². The molecule has 0 saturated heterocycles. The molecule has 27 heavy (non-hydrogen) atoms. The van der Waals surface area contributed by atoms with E-state index in [9.17, 15) is 4.79 Å². The molecule has 136 valence electrons. The van der Waals surface area contributed by atoms with E-state index in [4.69, 9.17) is 40.1 Å². The van der Waals surface area contributed by atoms with Crippen LogP contribution in [0.3, 0.4) is 0 Å². The highest BCUT2D eigenvalue weighted by Crippen LogP contribution is 2.31. The van der Waals surface area contributed by atoms with Gasteiger partial charge in [-0.15, -0.1) is 0 Å². The first-order chi connectivity index (χ1) is 12.8. The van der Waals surface area contributed by atoms with Crippen molar-refractivity contribution in [3.63, 3.8) is 0 Å². The van der Waals surface area contributed by atoms with Crippen molar-refractivity contribution >= 4 is 40.0 Å². The quantitative estimate of drug-likeness (QED) is 0.505. The summed E-state index contributed by atoms with van der Waals surface area (Å²) >= 11 is 17.8. The Morgan fingerprint density at radius 2 is 1.89 bits per heavy atom. The molecule has 2 aromatic carbocycles. The molecule has 0 fully saturated rings. The van der Waals surface area contributed by atoms with Crippen molar-refractivity contribution in [3.05, 3.63) is 74.5 Å². The Kier molecular flexibility index (Phi) is 5.57. The van der Waals surface area contributed by atoms with E-state index in [0.717, 1.165) is 28.1 Å². The van der Waals surface area contributed by atoms with Gasteiger partial charge in [0.1, 0.15) is 6.07 Å². The predicted octanol–water partition coefficient (Wildman–Crippen LogP) is 5.77. The molecule has 0 bridgehead atoms. The number of carbonyl (C=O) groups excluding carboxylic acids is 1. The predicted molar refractivity (Wildman–Crippen MR) is 108 cm³/mol. The summed E-state index contributed by atoms with van der Waals surface area (Å²) in [5.74, 6) is 0. The van der Waals surface area contributed by atoms with Gasteiger partial charge in [0.15, 0.2) is 0 Å². The maximum atomic E-state index is 11.5. The third kappa shape index (κ3) is 3.86. The Labute approximate surface area is 171 Å². The molecule has 0 aliphatic heterocycles. The number of hydrogen-bond donors (Lipinski definition) is 0. The van der Waals surface area contributed by atoms with Crippen LogP contribution in [0.4, 0.5) is 0 Å². The first-order valence-corrected chi connectivity index (χ1v) is 9.17. The SMILES string of the molecule is Cc1nn(Cc2ccc(Cl)c(C(=O)Cl)c2)c(C)c1-c1ccc(C#N)c(Cl)c1. The largest absolute Gasteiger partial charge is 0.276 e. The van der Waals surface area contributed by atoms with E-state index in [1.807, 2.05) is 30.7 Å². The molecule has 0 atom stereocenters. The summed E-state index contributed by atoms with van der Waals surface area (Å²) < 4.78 is 1.85. The molecule has 1 heterocycles. The van der Waals surface area contributed by atoms with Gasteiger partial charge in [-0.05, 0) is 60.8 Å². The van der Waals surface area contributed by atoms with Gasteiger partial charge in [-0.2, -0.15) is 10.4 Å². The number of hydrogen-bond acceptors (Lipinski definition) is 3. The summed E-state index contributed by atoms with van der Waals surface area (Å²) in [5, 5.41) is 13.8. The highest BCUT2D eigenvalue weighted by Gasteiger charge is 2.16. The molecule has 0 spiro atoms. The number of nitriles is 1. The average Bonchev–Trinajstić information content (AvgIpc) is 2.89. The molecule has 0 amide bonds. The number of nitrogens with zero attached hydrogens (tertiary/aromatic N) is 3. The van der Waals surface area contributed by atoms with Gasteiger partial charge < -0.3 is 0 Å². The molecular formula is C20H14Cl3N3O. The molecule has 0 aliphatic carbocycles. The van der Waals surface area contributed by atoms with E-state index in [1.54, 1.807) is 24.3 Å². The third-order valence-electron chi connectivity index (χ3n) is 4.33. The lowest BCUT2D eigenvalue weighted by atomic mass is 10.0. The smallest absolute Gasteiger partial charge is 0.253 e. The standard InChI is InChI=1S/C20H14Cl3N3O/c1-11-19(14-4-5-15(9-24)18(22)8-14)12(2)26(25-11)10-13-3-6-17(21)16(7-13)20(23)27/h3-8H,10H2,1-2H3. The normalized spacial score (nSPS) is 10.7. The number of rotatable bonds is 4. The van der Waals surface area contributed by atoms with Crippen LogP contribution in [0.1, 0.15) is 32.9 Å². The second-order valence-electron chi connectivity index (χ2n) is 6.10. The monoisotopic (exact) mass is 417 g/mol. The minimum Gasteiger partial charge on any atom is -0.276 e. The van der Waals surface area contributed by atoms with Crippen molar-refractivity contribution in [3.8, 4) is 17.2 Å². The van der Waals surface area contributed by atoms with Gasteiger partial charge >= 0.3 is 0 Å². The maximum absolute atomic E-state index is 11.5. The molecule has 0 N–H and O–H groups in total. The molecule has 3 rings (SSSR count). The van der Waals surface area contributed by atoms with Gasteiger partial charge in [-0.3, -0.25) is 9.48 Å². The van der Waals surface area contributed by atoms with Crippen LogP contribution in [-0.4, -0.2) is 15.0 Å². The summed E-state index contributed by atoms with van der Waals surface area (Å²) in [5.41, 5.74) is 5.22. The first kappa shape index (κ1) is 19.4. The zero-order chi connectivity index (χ0) is 19.7. The fraction of sp³-hybridized carbons (Fsp3) is 0.150. The Hall–Kier alpha value is -2.32. The van der Waals surface area contributed by atoms with E-state index in [0.29, 0.717) is 22.2 Å². The number of halogens is 3. The van der Waals surface area contributed by atoms with Crippen LogP contribution < -0.4 is 0 Å². The Morgan fingerprint density at radius 1 is 1.15 bits per heavy atom. The van der Waals surface area contributed by atoms with Gasteiger partial charge in [-0.1, -0.05) is 35.3 Å². The van der Waals surface area contributed by atoms with Crippen molar-refractivity contribution in [1.82, 2.24) is 9.78 Å². The lowest BCUT2D eigenvalue weighted by molar-refractivity contribution is 0.108. The zero-order valence-electron chi connectivity index (χ0n) is 14.6. The highest BCUT2D eigenvalue weighted by atomic mass is 35.5. The summed E-state index contributed by atoms with van der Waals surface area (Å²) in [7, 11) is 0. The molecule has 3 aromatic rings. The van der Waals surface area contributed by atoms with Gasteiger partial charge in [0.2, 0.25) is 0 Å². The fourth-order valence-electron chi connectivity index (χ4n) is 3.02. The lowest BCUT2D eigenvalue weighted by Gasteiger charge is -2.08. The lowest BCUT2D eigenvalue weighted by Crippen LogP contribution is -2.05. The summed E-state index contributed by atoms with van der Waals surface area (Å²) in [4.78, 5) is 11.5. The van der Waals surface area contributed by atoms with Crippen LogP contribution in [0.5, 0.6) is 0 Å². The Bertz CT molecular complexity index is 1100. The van der Waals surface area contributed by atoms with Crippen LogP contribution in [-0.2, 0) is 6.54 Å². The molecule has 0 saturated carbocycles.